The lowest BCUT2D eigenvalue weighted by Gasteiger charge is -2.11. The fraction of sp³-hybridized carbons (Fsp3) is 0.556. The van der Waals surface area contributed by atoms with Crippen molar-refractivity contribution in [3.8, 4) is 0 Å². The van der Waals surface area contributed by atoms with Crippen molar-refractivity contribution in [1.82, 2.24) is 10.0 Å². The molecule has 0 radical (unpaired) electrons. The first-order chi connectivity index (χ1) is 7.44. The summed E-state index contributed by atoms with van der Waals surface area (Å²) in [6, 6.07) is 3.89. The Morgan fingerprint density at radius 3 is 2.69 bits per heavy atom. The lowest BCUT2D eigenvalue weighted by atomic mass is 10.3. The molecule has 7 heteroatoms. The van der Waals surface area contributed by atoms with Crippen molar-refractivity contribution < 1.29 is 8.42 Å². The monoisotopic (exact) mass is 282 g/mol. The predicted molar refractivity (Wildman–Crippen MR) is 68.6 cm³/mol. The highest BCUT2D eigenvalue weighted by Gasteiger charge is 2.10. The average molecular weight is 283 g/mol. The predicted octanol–water partition coefficient (Wildman–Crippen LogP) is 1.60. The Morgan fingerprint density at radius 1 is 1.50 bits per heavy atom. The van der Waals surface area contributed by atoms with Crippen LogP contribution in [0.5, 0.6) is 0 Å². The molecule has 0 spiro atoms. The van der Waals surface area contributed by atoms with E-state index in [0.29, 0.717) is 6.54 Å². The summed E-state index contributed by atoms with van der Waals surface area (Å²) >= 11 is 7.32. The van der Waals surface area contributed by atoms with Gasteiger partial charge in [-0.25, -0.2) is 13.1 Å². The van der Waals surface area contributed by atoms with E-state index in [9.17, 15) is 8.42 Å². The van der Waals surface area contributed by atoms with E-state index in [2.05, 4.69) is 10.0 Å². The van der Waals surface area contributed by atoms with Gasteiger partial charge >= 0.3 is 0 Å². The van der Waals surface area contributed by atoms with Gasteiger partial charge in [-0.05, 0) is 26.1 Å². The van der Waals surface area contributed by atoms with E-state index < -0.39 is 10.0 Å². The van der Waals surface area contributed by atoms with Crippen LogP contribution in [0.1, 0.15) is 17.8 Å². The van der Waals surface area contributed by atoms with Crippen molar-refractivity contribution in [2.45, 2.75) is 13.0 Å². The van der Waals surface area contributed by atoms with E-state index in [0.717, 1.165) is 9.21 Å². The zero-order chi connectivity index (χ0) is 12.2. The first-order valence-electron chi connectivity index (χ1n) is 4.84. The molecular weight excluding hydrogens is 268 g/mol. The molecule has 0 saturated carbocycles. The van der Waals surface area contributed by atoms with Crippen LogP contribution in [0.4, 0.5) is 0 Å². The molecular formula is C9H15ClN2O2S2. The van der Waals surface area contributed by atoms with Gasteiger partial charge in [0.15, 0.2) is 0 Å². The number of hydrogen-bond donors (Lipinski definition) is 2. The molecule has 0 bridgehead atoms. The summed E-state index contributed by atoms with van der Waals surface area (Å²) in [5.41, 5.74) is 0. The summed E-state index contributed by atoms with van der Waals surface area (Å²) in [4.78, 5) is 1.10. The summed E-state index contributed by atoms with van der Waals surface area (Å²) in [5, 5.41) is 3.14. The van der Waals surface area contributed by atoms with Crippen LogP contribution in [0.3, 0.4) is 0 Å². The molecule has 4 nitrogen and oxygen atoms in total. The Labute approximate surface area is 105 Å². The van der Waals surface area contributed by atoms with Gasteiger partial charge in [0.2, 0.25) is 10.0 Å². The highest BCUT2D eigenvalue weighted by Crippen LogP contribution is 2.26. The largest absolute Gasteiger partial charge is 0.308 e. The van der Waals surface area contributed by atoms with Gasteiger partial charge in [-0.2, -0.15) is 0 Å². The second-order valence-electron chi connectivity index (χ2n) is 3.34. The third-order valence-electron chi connectivity index (χ3n) is 2.15. The lowest BCUT2D eigenvalue weighted by molar-refractivity contribution is 0.570. The number of nitrogens with one attached hydrogen (secondary N) is 2. The van der Waals surface area contributed by atoms with E-state index in [1.807, 2.05) is 19.1 Å². The molecule has 1 heterocycles. The van der Waals surface area contributed by atoms with Crippen molar-refractivity contribution in [3.05, 3.63) is 21.3 Å². The standard InChI is InChI=1S/C9H15ClN2O2S2/c1-7(8-3-4-9(10)15-8)12-5-6-16(13,14)11-2/h3-4,7,11-12H,5-6H2,1-2H3. The maximum absolute atomic E-state index is 11.2. The highest BCUT2D eigenvalue weighted by molar-refractivity contribution is 7.89. The van der Waals surface area contributed by atoms with Gasteiger partial charge < -0.3 is 5.32 Å². The fourth-order valence-corrected chi connectivity index (χ4v) is 2.85. The smallest absolute Gasteiger partial charge is 0.212 e. The molecule has 0 amide bonds. The van der Waals surface area contributed by atoms with Crippen LogP contribution >= 0.6 is 22.9 Å². The molecule has 2 N–H and O–H groups in total. The molecule has 92 valence electrons. The Morgan fingerprint density at radius 2 is 2.19 bits per heavy atom. The quantitative estimate of drug-likeness (QED) is 0.833. The normalized spacial score (nSPS) is 13.9. The van der Waals surface area contributed by atoms with Crippen LogP contribution < -0.4 is 10.0 Å². The first-order valence-corrected chi connectivity index (χ1v) is 7.69. The van der Waals surface area contributed by atoms with E-state index in [1.54, 1.807) is 0 Å². The van der Waals surface area contributed by atoms with Gasteiger partial charge in [0, 0.05) is 17.5 Å². The molecule has 16 heavy (non-hydrogen) atoms. The second kappa shape index (κ2) is 5.97. The first kappa shape index (κ1) is 13.9. The maximum Gasteiger partial charge on any atom is 0.212 e. The SMILES string of the molecule is CNS(=O)(=O)CCNC(C)c1ccc(Cl)s1. The third-order valence-corrected chi connectivity index (χ3v) is 4.93. The minimum Gasteiger partial charge on any atom is -0.308 e. The summed E-state index contributed by atoms with van der Waals surface area (Å²) < 4.78 is 25.3. The summed E-state index contributed by atoms with van der Waals surface area (Å²) in [7, 11) is -1.71. The second-order valence-corrected chi connectivity index (χ2v) is 7.13. The van der Waals surface area contributed by atoms with Crippen LogP contribution in [0, 0.1) is 0 Å². The number of hydrogen-bond acceptors (Lipinski definition) is 4. The van der Waals surface area contributed by atoms with Gasteiger partial charge in [-0.1, -0.05) is 11.6 Å². The van der Waals surface area contributed by atoms with Crippen molar-refractivity contribution in [2.24, 2.45) is 0 Å². The van der Waals surface area contributed by atoms with Crippen molar-refractivity contribution in [3.63, 3.8) is 0 Å². The van der Waals surface area contributed by atoms with E-state index in [-0.39, 0.29) is 11.8 Å². The fourth-order valence-electron chi connectivity index (χ4n) is 1.17. The summed E-state index contributed by atoms with van der Waals surface area (Å²) in [5.74, 6) is 0.0763. The molecule has 0 fully saturated rings. The molecule has 0 aromatic carbocycles. The van der Waals surface area contributed by atoms with E-state index in [1.165, 1.54) is 18.4 Å². The molecule has 0 aliphatic heterocycles. The van der Waals surface area contributed by atoms with Gasteiger partial charge in [-0.3, -0.25) is 0 Å². The minimum absolute atomic E-state index is 0.0763. The lowest BCUT2D eigenvalue weighted by Crippen LogP contribution is -2.30. The number of thiophene rings is 1. The summed E-state index contributed by atoms with van der Waals surface area (Å²) in [6.07, 6.45) is 0. The molecule has 1 aromatic heterocycles. The average Bonchev–Trinajstić information content (AvgIpc) is 2.64. The van der Waals surface area contributed by atoms with Gasteiger partial charge in [0.05, 0.1) is 10.1 Å². The summed E-state index contributed by atoms with van der Waals surface area (Å²) in [6.45, 7) is 2.40. The van der Waals surface area contributed by atoms with Crippen molar-refractivity contribution in [2.75, 3.05) is 19.3 Å². The maximum atomic E-state index is 11.2. The molecule has 0 saturated heterocycles. The zero-order valence-electron chi connectivity index (χ0n) is 9.16. The zero-order valence-corrected chi connectivity index (χ0v) is 11.5. The van der Waals surface area contributed by atoms with E-state index >= 15 is 0 Å². The van der Waals surface area contributed by atoms with Crippen LogP contribution in [-0.4, -0.2) is 27.8 Å². The Bertz CT molecular complexity index is 430. The van der Waals surface area contributed by atoms with Gasteiger partial charge in [0.1, 0.15) is 0 Å². The third kappa shape index (κ3) is 4.39. The van der Waals surface area contributed by atoms with E-state index in [4.69, 9.17) is 11.6 Å². The number of halogens is 1. The topological polar surface area (TPSA) is 58.2 Å². The Kier molecular flexibility index (Phi) is 5.20. The molecule has 1 unspecified atom stereocenters. The number of sulfonamides is 1. The van der Waals surface area contributed by atoms with Gasteiger partial charge in [-0.15, -0.1) is 11.3 Å². The van der Waals surface area contributed by atoms with Crippen LogP contribution in [0.15, 0.2) is 12.1 Å². The van der Waals surface area contributed by atoms with Crippen LogP contribution in [0.2, 0.25) is 4.34 Å². The molecule has 0 aliphatic rings. The molecule has 1 rings (SSSR count). The van der Waals surface area contributed by atoms with Gasteiger partial charge in [0.25, 0.3) is 0 Å². The highest BCUT2D eigenvalue weighted by atomic mass is 35.5. The molecule has 0 aliphatic carbocycles. The Balaban J connectivity index is 2.39. The van der Waals surface area contributed by atoms with Crippen LogP contribution in [0.25, 0.3) is 0 Å². The molecule has 1 atom stereocenters. The Hall–Kier alpha value is -0.140. The molecule has 1 aromatic rings. The van der Waals surface area contributed by atoms with Crippen molar-refractivity contribution in [1.29, 1.82) is 0 Å². The number of rotatable bonds is 6. The van der Waals surface area contributed by atoms with Crippen molar-refractivity contribution >= 4 is 33.0 Å². The van der Waals surface area contributed by atoms with Crippen LogP contribution in [-0.2, 0) is 10.0 Å². The minimum atomic E-state index is -3.13.